The molecule has 0 unspecified atom stereocenters. The van der Waals surface area contributed by atoms with E-state index in [0.717, 1.165) is 11.1 Å². The van der Waals surface area contributed by atoms with Gasteiger partial charge in [-0.2, -0.15) is 0 Å². The van der Waals surface area contributed by atoms with E-state index in [9.17, 15) is 9.59 Å². The Morgan fingerprint density at radius 2 is 1.64 bits per heavy atom. The van der Waals surface area contributed by atoms with Gasteiger partial charge >= 0.3 is 5.69 Å². The summed E-state index contributed by atoms with van der Waals surface area (Å²) in [6.07, 6.45) is 2.16. The SMILES string of the molecule is CCc1cn([C@@H]2S[C@H](COCc3ccccc3)[C@@H](OCc3ccccc3)[C@H]2I)c(=O)[nH]c1=O. The van der Waals surface area contributed by atoms with Gasteiger partial charge in [-0.3, -0.25) is 14.3 Å². The minimum Gasteiger partial charge on any atom is -0.376 e. The lowest BCUT2D eigenvalue weighted by atomic mass is 10.1. The van der Waals surface area contributed by atoms with Crippen molar-refractivity contribution in [2.45, 2.75) is 47.2 Å². The van der Waals surface area contributed by atoms with Crippen LogP contribution in [0.2, 0.25) is 0 Å². The zero-order valence-electron chi connectivity index (χ0n) is 18.4. The van der Waals surface area contributed by atoms with Crippen LogP contribution in [0.1, 0.15) is 29.0 Å². The highest BCUT2D eigenvalue weighted by Gasteiger charge is 2.45. The largest absolute Gasteiger partial charge is 0.376 e. The minimum atomic E-state index is -0.385. The summed E-state index contributed by atoms with van der Waals surface area (Å²) < 4.78 is 14.1. The molecule has 0 spiro atoms. The highest BCUT2D eigenvalue weighted by Crippen LogP contribution is 2.47. The highest BCUT2D eigenvalue weighted by molar-refractivity contribution is 14.1. The van der Waals surface area contributed by atoms with Crippen LogP contribution in [0, 0.1) is 0 Å². The summed E-state index contributed by atoms with van der Waals surface area (Å²) in [6.45, 7) is 3.44. The van der Waals surface area contributed by atoms with Gasteiger partial charge in [0.15, 0.2) is 0 Å². The molecule has 0 amide bonds. The van der Waals surface area contributed by atoms with E-state index in [4.69, 9.17) is 9.47 Å². The van der Waals surface area contributed by atoms with Gasteiger partial charge in [0.25, 0.3) is 5.56 Å². The maximum absolute atomic E-state index is 12.7. The van der Waals surface area contributed by atoms with Crippen LogP contribution in [0.4, 0.5) is 0 Å². The molecule has 3 aromatic rings. The number of hydrogen-bond acceptors (Lipinski definition) is 5. The van der Waals surface area contributed by atoms with Crippen molar-refractivity contribution in [2.24, 2.45) is 0 Å². The van der Waals surface area contributed by atoms with Crippen LogP contribution < -0.4 is 11.2 Å². The predicted octanol–water partition coefficient (Wildman–Crippen LogP) is 4.32. The Kier molecular flexibility index (Phi) is 8.45. The predicted molar refractivity (Wildman–Crippen MR) is 140 cm³/mol. The minimum absolute atomic E-state index is 0.0231. The Hall–Kier alpha value is -1.88. The molecule has 0 aliphatic carbocycles. The first-order valence-electron chi connectivity index (χ1n) is 11.0. The summed E-state index contributed by atoms with van der Waals surface area (Å²) in [5.74, 6) is 0. The van der Waals surface area contributed by atoms with Crippen LogP contribution in [-0.4, -0.2) is 31.4 Å². The highest BCUT2D eigenvalue weighted by atomic mass is 127. The van der Waals surface area contributed by atoms with Gasteiger partial charge in [-0.1, -0.05) is 90.2 Å². The Balaban J connectivity index is 1.53. The summed E-state index contributed by atoms with van der Waals surface area (Å²) >= 11 is 4.05. The molecule has 2 aromatic carbocycles. The average Bonchev–Trinajstić information content (AvgIpc) is 3.14. The molecular formula is C25H27IN2O4S. The van der Waals surface area contributed by atoms with Crippen molar-refractivity contribution >= 4 is 34.4 Å². The number of aromatic amines is 1. The number of alkyl halides is 1. The van der Waals surface area contributed by atoms with Crippen molar-refractivity contribution < 1.29 is 9.47 Å². The van der Waals surface area contributed by atoms with Gasteiger partial charge in [0, 0.05) is 11.8 Å². The number of nitrogens with one attached hydrogen (secondary N) is 1. The maximum atomic E-state index is 12.7. The van der Waals surface area contributed by atoms with E-state index in [1.165, 1.54) is 0 Å². The molecule has 1 aromatic heterocycles. The normalized spacial score (nSPS) is 22.5. The smallest absolute Gasteiger partial charge is 0.329 e. The van der Waals surface area contributed by atoms with E-state index in [2.05, 4.69) is 27.6 Å². The number of aromatic nitrogens is 2. The number of rotatable bonds is 9. The van der Waals surface area contributed by atoms with Gasteiger partial charge in [0.05, 0.1) is 40.5 Å². The fraction of sp³-hybridized carbons (Fsp3) is 0.360. The topological polar surface area (TPSA) is 73.3 Å². The summed E-state index contributed by atoms with van der Waals surface area (Å²) in [5, 5.41) is -0.112. The summed E-state index contributed by atoms with van der Waals surface area (Å²) in [6, 6.07) is 20.1. The molecule has 0 bridgehead atoms. The van der Waals surface area contributed by atoms with Gasteiger partial charge in [0.2, 0.25) is 0 Å². The first kappa shape index (κ1) is 24.3. The summed E-state index contributed by atoms with van der Waals surface area (Å²) in [4.78, 5) is 27.2. The molecule has 0 radical (unpaired) electrons. The van der Waals surface area contributed by atoms with Crippen LogP contribution in [0.25, 0.3) is 0 Å². The molecule has 1 aliphatic rings. The van der Waals surface area contributed by atoms with E-state index in [-0.39, 0.29) is 31.9 Å². The molecule has 2 heterocycles. The van der Waals surface area contributed by atoms with Crippen LogP contribution >= 0.6 is 34.4 Å². The van der Waals surface area contributed by atoms with Gasteiger partial charge in [-0.05, 0) is 17.5 Å². The number of hydrogen-bond donors (Lipinski definition) is 1. The third-order valence-electron chi connectivity index (χ3n) is 5.64. The van der Waals surface area contributed by atoms with Gasteiger partial charge in [-0.15, -0.1) is 11.8 Å². The number of ether oxygens (including phenoxy) is 2. The molecule has 4 rings (SSSR count). The lowest BCUT2D eigenvalue weighted by Gasteiger charge is -2.22. The number of halogens is 1. The number of H-pyrrole nitrogens is 1. The second kappa shape index (κ2) is 11.5. The van der Waals surface area contributed by atoms with E-state index in [1.54, 1.807) is 22.5 Å². The standard InChI is InChI=1S/C25H27IN2O4S/c1-2-19-13-28(25(30)27-23(19)29)24-21(26)22(32-15-18-11-7-4-8-12-18)20(33-24)16-31-14-17-9-5-3-6-10-17/h3-13,20-22,24H,2,14-16H2,1H3,(H,27,29,30)/t20-,21-,22-,24-/m1/s1. The molecule has 6 nitrogen and oxygen atoms in total. The first-order valence-corrected chi connectivity index (χ1v) is 13.2. The fourth-order valence-corrected chi connectivity index (χ4v) is 7.23. The van der Waals surface area contributed by atoms with Crippen molar-refractivity contribution in [1.82, 2.24) is 9.55 Å². The third-order valence-corrected chi connectivity index (χ3v) is 9.07. The van der Waals surface area contributed by atoms with Crippen molar-refractivity contribution in [3.63, 3.8) is 0 Å². The van der Waals surface area contributed by atoms with Crippen molar-refractivity contribution in [1.29, 1.82) is 0 Å². The zero-order valence-corrected chi connectivity index (χ0v) is 21.3. The van der Waals surface area contributed by atoms with Crippen molar-refractivity contribution in [3.05, 3.63) is 104 Å². The van der Waals surface area contributed by atoms with E-state index in [0.29, 0.717) is 31.8 Å². The van der Waals surface area contributed by atoms with Crippen LogP contribution in [-0.2, 0) is 29.1 Å². The Bertz CT molecular complexity index is 1150. The Labute approximate surface area is 210 Å². The molecule has 4 atom stereocenters. The second-order valence-electron chi connectivity index (χ2n) is 7.95. The van der Waals surface area contributed by atoms with Crippen LogP contribution in [0.3, 0.4) is 0 Å². The number of aryl methyl sites for hydroxylation is 1. The number of thioether (sulfide) groups is 1. The molecule has 174 valence electrons. The van der Waals surface area contributed by atoms with Gasteiger partial charge in [-0.25, -0.2) is 4.79 Å². The van der Waals surface area contributed by atoms with Crippen molar-refractivity contribution in [3.8, 4) is 0 Å². The van der Waals surface area contributed by atoms with E-state index in [1.807, 2.05) is 67.6 Å². The summed E-state index contributed by atoms with van der Waals surface area (Å²) in [5.41, 5.74) is 2.13. The summed E-state index contributed by atoms with van der Waals surface area (Å²) in [7, 11) is 0. The first-order chi connectivity index (χ1) is 16.1. The zero-order chi connectivity index (χ0) is 23.2. The molecule has 1 N–H and O–H groups in total. The van der Waals surface area contributed by atoms with Crippen LogP contribution in [0.5, 0.6) is 0 Å². The van der Waals surface area contributed by atoms with Crippen molar-refractivity contribution in [2.75, 3.05) is 6.61 Å². The molecule has 0 saturated carbocycles. The molecule has 8 heteroatoms. The lowest BCUT2D eigenvalue weighted by molar-refractivity contribution is 0.0190. The van der Waals surface area contributed by atoms with Gasteiger partial charge in [0.1, 0.15) is 0 Å². The Morgan fingerprint density at radius 3 is 2.27 bits per heavy atom. The lowest BCUT2D eigenvalue weighted by Crippen LogP contribution is -2.37. The fourth-order valence-electron chi connectivity index (χ4n) is 3.85. The molecular weight excluding hydrogens is 551 g/mol. The van der Waals surface area contributed by atoms with Crippen LogP contribution in [0.15, 0.2) is 76.4 Å². The van der Waals surface area contributed by atoms with E-state index >= 15 is 0 Å². The molecule has 1 saturated heterocycles. The Morgan fingerprint density at radius 1 is 1.00 bits per heavy atom. The quantitative estimate of drug-likeness (QED) is 0.303. The number of nitrogens with zero attached hydrogens (tertiary/aromatic N) is 1. The maximum Gasteiger partial charge on any atom is 0.329 e. The monoisotopic (exact) mass is 578 g/mol. The van der Waals surface area contributed by atoms with E-state index < -0.39 is 0 Å². The molecule has 33 heavy (non-hydrogen) atoms. The average molecular weight is 578 g/mol. The number of benzene rings is 2. The molecule has 1 aliphatic heterocycles. The third kappa shape index (κ3) is 5.98. The second-order valence-corrected chi connectivity index (χ2v) is 10.7. The van der Waals surface area contributed by atoms with Gasteiger partial charge < -0.3 is 9.47 Å². The molecule has 1 fully saturated rings.